The summed E-state index contributed by atoms with van der Waals surface area (Å²) in [6.07, 6.45) is 0.732. The van der Waals surface area contributed by atoms with Gasteiger partial charge in [0, 0.05) is 26.0 Å². The summed E-state index contributed by atoms with van der Waals surface area (Å²) in [5.74, 6) is 0. The van der Waals surface area contributed by atoms with Crippen LogP contribution in [0.25, 0.3) is 0 Å². The fourth-order valence-electron chi connectivity index (χ4n) is 3.20. The minimum Gasteiger partial charge on any atom is -0.257 e. The largest absolute Gasteiger partial charge is 0.257 e. The Morgan fingerprint density at radius 2 is 1.63 bits per heavy atom. The van der Waals surface area contributed by atoms with Crippen LogP contribution < -0.4 is 5.01 Å². The summed E-state index contributed by atoms with van der Waals surface area (Å²) in [5, 5.41) is 8.80. The molecule has 0 aliphatic carbocycles. The van der Waals surface area contributed by atoms with E-state index < -0.39 is 0 Å². The molecule has 4 rings (SSSR count). The molecule has 6 heteroatoms. The van der Waals surface area contributed by atoms with Gasteiger partial charge in [-0.1, -0.05) is 75.0 Å². The lowest BCUT2D eigenvalue weighted by Gasteiger charge is -2.25. The third-order valence-corrected chi connectivity index (χ3v) is 5.81. The van der Waals surface area contributed by atoms with Gasteiger partial charge in [-0.15, -0.1) is 0 Å². The zero-order chi connectivity index (χ0) is 19.0. The first-order valence-electron chi connectivity index (χ1n) is 8.34. The number of hydrogen-bond donors (Lipinski definition) is 0. The Hall–Kier alpha value is -1.52. The number of anilines is 1. The minimum absolute atomic E-state index is 0.0353. The van der Waals surface area contributed by atoms with Crippen LogP contribution in [-0.4, -0.2) is 5.71 Å². The second-order valence-electron chi connectivity index (χ2n) is 6.26. The SMILES string of the molecule is Clc1cccc(N2N=C(c3ccc(Br)cc3)CC2c2ccc(Cl)cc2Cl)c1. The fourth-order valence-corrected chi connectivity index (χ4v) is 4.18. The Morgan fingerprint density at radius 1 is 0.889 bits per heavy atom. The highest BCUT2D eigenvalue weighted by atomic mass is 79.9. The highest BCUT2D eigenvalue weighted by Crippen LogP contribution is 2.40. The number of nitrogens with zero attached hydrogens (tertiary/aromatic N) is 2. The summed E-state index contributed by atoms with van der Waals surface area (Å²) in [7, 11) is 0. The molecule has 1 aliphatic rings. The van der Waals surface area contributed by atoms with Gasteiger partial charge in [0.25, 0.3) is 0 Å². The van der Waals surface area contributed by atoms with Crippen molar-refractivity contribution >= 4 is 62.1 Å². The molecular formula is C21H14BrCl3N2. The molecule has 0 aromatic heterocycles. The van der Waals surface area contributed by atoms with Crippen molar-refractivity contribution in [3.63, 3.8) is 0 Å². The Labute approximate surface area is 181 Å². The molecule has 136 valence electrons. The molecule has 1 heterocycles. The molecule has 0 fully saturated rings. The van der Waals surface area contributed by atoms with E-state index in [9.17, 15) is 0 Å². The number of benzene rings is 3. The van der Waals surface area contributed by atoms with Gasteiger partial charge in [-0.3, -0.25) is 5.01 Å². The van der Waals surface area contributed by atoms with E-state index >= 15 is 0 Å². The van der Waals surface area contributed by atoms with Gasteiger partial charge in [0.05, 0.1) is 17.4 Å². The predicted molar refractivity (Wildman–Crippen MR) is 118 cm³/mol. The maximum Gasteiger partial charge on any atom is 0.0846 e. The Morgan fingerprint density at radius 3 is 2.33 bits per heavy atom. The minimum atomic E-state index is -0.0353. The van der Waals surface area contributed by atoms with E-state index in [2.05, 4.69) is 28.1 Å². The van der Waals surface area contributed by atoms with Crippen LogP contribution in [-0.2, 0) is 0 Å². The van der Waals surface area contributed by atoms with Crippen molar-refractivity contribution in [2.45, 2.75) is 12.5 Å². The third kappa shape index (κ3) is 4.02. The van der Waals surface area contributed by atoms with Crippen molar-refractivity contribution < 1.29 is 0 Å². The highest BCUT2D eigenvalue weighted by Gasteiger charge is 2.31. The standard InChI is InChI=1S/C21H14BrCl3N2/c22-14-6-4-13(5-7-14)20-12-21(18-9-8-16(24)11-19(18)25)27(26-20)17-3-1-2-15(23)10-17/h1-11,21H,12H2. The van der Waals surface area contributed by atoms with Crippen molar-refractivity contribution in [3.05, 3.63) is 97.4 Å². The van der Waals surface area contributed by atoms with Gasteiger partial charge in [-0.25, -0.2) is 0 Å². The monoisotopic (exact) mass is 478 g/mol. The first-order valence-corrected chi connectivity index (χ1v) is 10.3. The van der Waals surface area contributed by atoms with E-state index in [1.807, 2.05) is 53.5 Å². The maximum atomic E-state index is 6.51. The Kier molecular flexibility index (Phi) is 5.47. The molecule has 0 amide bonds. The molecule has 0 saturated carbocycles. The first-order chi connectivity index (χ1) is 13.0. The second-order valence-corrected chi connectivity index (χ2v) is 8.46. The van der Waals surface area contributed by atoms with E-state index in [-0.39, 0.29) is 6.04 Å². The van der Waals surface area contributed by atoms with Crippen molar-refractivity contribution in [1.82, 2.24) is 0 Å². The molecule has 3 aromatic rings. The van der Waals surface area contributed by atoms with Crippen molar-refractivity contribution in [2.24, 2.45) is 5.10 Å². The zero-order valence-electron chi connectivity index (χ0n) is 14.0. The molecule has 1 aliphatic heterocycles. The van der Waals surface area contributed by atoms with Crippen molar-refractivity contribution in [1.29, 1.82) is 0 Å². The summed E-state index contributed by atoms with van der Waals surface area (Å²) in [6, 6.07) is 21.4. The molecule has 0 bridgehead atoms. The molecule has 0 radical (unpaired) electrons. The van der Waals surface area contributed by atoms with E-state index in [0.717, 1.165) is 33.4 Å². The summed E-state index contributed by atoms with van der Waals surface area (Å²) in [6.45, 7) is 0. The molecule has 1 unspecified atom stereocenters. The quantitative estimate of drug-likeness (QED) is 0.374. The number of rotatable bonds is 3. The van der Waals surface area contributed by atoms with Gasteiger partial charge in [-0.05, 0) is 53.6 Å². The lowest BCUT2D eigenvalue weighted by Crippen LogP contribution is -2.18. The Balaban J connectivity index is 1.79. The summed E-state index contributed by atoms with van der Waals surface area (Å²) in [4.78, 5) is 0. The molecule has 0 spiro atoms. The molecule has 1 atom stereocenters. The van der Waals surface area contributed by atoms with Crippen molar-refractivity contribution in [2.75, 3.05) is 5.01 Å². The van der Waals surface area contributed by atoms with Crippen LogP contribution in [0.5, 0.6) is 0 Å². The smallest absolute Gasteiger partial charge is 0.0846 e. The normalized spacial score (nSPS) is 16.5. The van der Waals surface area contributed by atoms with Gasteiger partial charge >= 0.3 is 0 Å². The van der Waals surface area contributed by atoms with Crippen LogP contribution in [0.2, 0.25) is 15.1 Å². The molecule has 0 N–H and O–H groups in total. The molecule has 27 heavy (non-hydrogen) atoms. The predicted octanol–water partition coefficient (Wildman–Crippen LogP) is 7.77. The lowest BCUT2D eigenvalue weighted by atomic mass is 9.98. The van der Waals surface area contributed by atoms with Crippen LogP contribution in [0.15, 0.2) is 76.3 Å². The average molecular weight is 481 g/mol. The van der Waals surface area contributed by atoms with E-state index in [4.69, 9.17) is 39.9 Å². The third-order valence-electron chi connectivity index (χ3n) is 4.48. The Bertz CT molecular complexity index is 1020. The number of hydrogen-bond acceptors (Lipinski definition) is 2. The molecule has 3 aromatic carbocycles. The molecule has 0 saturated heterocycles. The van der Waals surface area contributed by atoms with Gasteiger partial charge in [-0.2, -0.15) is 5.10 Å². The summed E-state index contributed by atoms with van der Waals surface area (Å²) >= 11 is 22.3. The zero-order valence-corrected chi connectivity index (χ0v) is 17.9. The van der Waals surface area contributed by atoms with Gasteiger partial charge in [0.15, 0.2) is 0 Å². The fraction of sp³-hybridized carbons (Fsp3) is 0.0952. The van der Waals surface area contributed by atoms with E-state index in [0.29, 0.717) is 15.1 Å². The average Bonchev–Trinajstić information content (AvgIpc) is 3.07. The number of halogens is 4. The van der Waals surface area contributed by atoms with Crippen LogP contribution in [0.4, 0.5) is 5.69 Å². The summed E-state index contributed by atoms with van der Waals surface area (Å²) in [5.41, 5.74) is 3.99. The lowest BCUT2D eigenvalue weighted by molar-refractivity contribution is 0.709. The van der Waals surface area contributed by atoms with Crippen LogP contribution in [0, 0.1) is 0 Å². The number of hydrazone groups is 1. The molecule has 2 nitrogen and oxygen atoms in total. The van der Waals surface area contributed by atoms with Crippen LogP contribution in [0.1, 0.15) is 23.6 Å². The van der Waals surface area contributed by atoms with Crippen molar-refractivity contribution in [3.8, 4) is 0 Å². The highest BCUT2D eigenvalue weighted by molar-refractivity contribution is 9.10. The second kappa shape index (κ2) is 7.84. The van der Waals surface area contributed by atoms with E-state index in [1.165, 1.54) is 0 Å². The maximum absolute atomic E-state index is 6.51. The molecular weight excluding hydrogens is 467 g/mol. The van der Waals surface area contributed by atoms with Crippen LogP contribution in [0.3, 0.4) is 0 Å². The first kappa shape index (κ1) is 18.8. The van der Waals surface area contributed by atoms with Gasteiger partial charge in [0.1, 0.15) is 0 Å². The van der Waals surface area contributed by atoms with Gasteiger partial charge < -0.3 is 0 Å². The van der Waals surface area contributed by atoms with E-state index in [1.54, 1.807) is 6.07 Å². The van der Waals surface area contributed by atoms with Gasteiger partial charge in [0.2, 0.25) is 0 Å². The topological polar surface area (TPSA) is 15.6 Å². The summed E-state index contributed by atoms with van der Waals surface area (Å²) < 4.78 is 1.04. The van der Waals surface area contributed by atoms with Crippen LogP contribution >= 0.6 is 50.7 Å².